The van der Waals surface area contributed by atoms with Gasteiger partial charge in [0.2, 0.25) is 0 Å². The van der Waals surface area contributed by atoms with Crippen LogP contribution in [0.25, 0.3) is 0 Å². The molecule has 5 rings (SSSR count). The van der Waals surface area contributed by atoms with Crippen LogP contribution in [0.15, 0.2) is 83.2 Å². The van der Waals surface area contributed by atoms with Gasteiger partial charge in [-0.25, -0.2) is 19.2 Å². The third-order valence-electron chi connectivity index (χ3n) is 10.8. The molecule has 2 heterocycles. The first-order chi connectivity index (χ1) is 32.4. The number of carbonyl (C=O) groups excluding carboxylic acids is 4. The highest BCUT2D eigenvalue weighted by Gasteiger charge is 2.44. The zero-order chi connectivity index (χ0) is 51.6. The van der Waals surface area contributed by atoms with Crippen LogP contribution in [0.5, 0.6) is 0 Å². The third kappa shape index (κ3) is 13.4. The number of rotatable bonds is 13. The number of nitrogens with two attached hydrogens (primary N) is 1. The molecule has 0 radical (unpaired) electrons. The number of ether oxygens (including phenoxy) is 5. The number of fused-ring (bicyclic) bond motifs is 1. The van der Waals surface area contributed by atoms with Gasteiger partial charge in [0.25, 0.3) is 0 Å². The van der Waals surface area contributed by atoms with Gasteiger partial charge in [-0.3, -0.25) is 9.80 Å². The van der Waals surface area contributed by atoms with Crippen molar-refractivity contribution in [2.75, 3.05) is 52.1 Å². The Bertz CT molecular complexity index is 2380. The van der Waals surface area contributed by atoms with Crippen LogP contribution in [-0.4, -0.2) is 82.3 Å². The lowest BCUT2D eigenvalue weighted by Crippen LogP contribution is -2.48. The summed E-state index contributed by atoms with van der Waals surface area (Å²) in [5.74, 6) is -1.86. The molecule has 2 aliphatic heterocycles. The molecule has 13 nitrogen and oxygen atoms in total. The van der Waals surface area contributed by atoms with Gasteiger partial charge in [0, 0.05) is 29.9 Å². The molecule has 2 aliphatic rings. The Balaban J connectivity index is 0.000000323. The number of anilines is 1. The van der Waals surface area contributed by atoms with E-state index in [0.29, 0.717) is 65.0 Å². The molecule has 378 valence electrons. The first-order valence-electron chi connectivity index (χ1n) is 21.2. The molecule has 0 spiro atoms. The van der Waals surface area contributed by atoms with Crippen molar-refractivity contribution in [1.29, 1.82) is 0 Å². The van der Waals surface area contributed by atoms with E-state index in [1.807, 2.05) is 0 Å². The number of allylic oxidation sites excluding steroid dienone is 1. The summed E-state index contributed by atoms with van der Waals surface area (Å²) in [6.45, 7) is 6.64. The van der Waals surface area contributed by atoms with E-state index in [-0.39, 0.29) is 55.6 Å². The lowest BCUT2D eigenvalue weighted by molar-refractivity contribution is -0.143. The van der Waals surface area contributed by atoms with Crippen LogP contribution in [0.2, 0.25) is 5.02 Å². The number of hydrogen-bond donors (Lipinski definition) is 2. The van der Waals surface area contributed by atoms with Crippen molar-refractivity contribution in [2.24, 2.45) is 5.73 Å². The largest absolute Gasteiger partial charge is 0.466 e. The number of carbonyl (C=O) groups is 4. The van der Waals surface area contributed by atoms with E-state index in [0.717, 1.165) is 23.0 Å². The standard InChI is InChI=1S/C26H25F9N2O4.C20H25ClN2O5/c1-4-18-12-21(19-11-15(24(27,28)29)6-7-20(19)37(18)23(39)41-5-2)36(22(38)40-3)13-14-8-16(25(30,31)32)10-17(9-14)26(33,34)35;1-4-28-20(25)18-15(11-27-10-9-22)23-12(2)16(19(24)26-3)17(18)13-7-5-6-8-14(13)21/h6-11,18,21H,4-5,12-13H2,1-3H3;5-8,17,23H,4,9-11,22H2,1-3H3/t18-,21+;/m1./s1. The van der Waals surface area contributed by atoms with Crippen molar-refractivity contribution in [3.63, 3.8) is 0 Å². The number of amides is 2. The van der Waals surface area contributed by atoms with Crippen molar-refractivity contribution in [1.82, 2.24) is 10.2 Å². The minimum atomic E-state index is -5.17. The van der Waals surface area contributed by atoms with Gasteiger partial charge in [-0.05, 0) is 92.8 Å². The van der Waals surface area contributed by atoms with Crippen molar-refractivity contribution >= 4 is 41.4 Å². The quantitative estimate of drug-likeness (QED) is 0.0726. The van der Waals surface area contributed by atoms with Crippen LogP contribution in [0, 0.1) is 0 Å². The van der Waals surface area contributed by atoms with Crippen molar-refractivity contribution in [3.8, 4) is 0 Å². The zero-order valence-electron chi connectivity index (χ0n) is 38.1. The highest BCUT2D eigenvalue weighted by Crippen LogP contribution is 2.46. The van der Waals surface area contributed by atoms with Crippen molar-refractivity contribution in [2.45, 2.75) is 83.6 Å². The molecule has 3 aromatic carbocycles. The first-order valence-corrected chi connectivity index (χ1v) is 21.5. The predicted octanol–water partition coefficient (Wildman–Crippen LogP) is 10.5. The predicted molar refractivity (Wildman–Crippen MR) is 232 cm³/mol. The Hall–Kier alpha value is -6.00. The third-order valence-corrected chi connectivity index (χ3v) is 11.2. The number of methoxy groups -OCH3 is 2. The van der Waals surface area contributed by atoms with Crippen molar-refractivity contribution in [3.05, 3.63) is 122 Å². The Kier molecular flexibility index (Phi) is 19.0. The number of esters is 2. The molecule has 3 aromatic rings. The Morgan fingerprint density at radius 3 is 1.91 bits per heavy atom. The average Bonchev–Trinajstić information content (AvgIpc) is 3.29. The number of benzene rings is 3. The monoisotopic (exact) mass is 1010 g/mol. The van der Waals surface area contributed by atoms with Crippen LogP contribution in [0.1, 0.15) is 85.9 Å². The second-order valence-corrected chi connectivity index (χ2v) is 15.6. The van der Waals surface area contributed by atoms with Crippen LogP contribution in [-0.2, 0) is 58.3 Å². The number of halogens is 10. The Labute approximate surface area is 396 Å². The second kappa shape index (κ2) is 23.5. The van der Waals surface area contributed by atoms with Gasteiger partial charge in [0.1, 0.15) is 0 Å². The van der Waals surface area contributed by atoms with Crippen molar-refractivity contribution < 1.29 is 82.4 Å². The number of hydrogen-bond acceptors (Lipinski definition) is 11. The molecule has 1 unspecified atom stereocenters. The summed E-state index contributed by atoms with van der Waals surface area (Å²) in [5, 5.41) is 3.52. The summed E-state index contributed by atoms with van der Waals surface area (Å²) in [5.41, 5.74) is 2.42. The van der Waals surface area contributed by atoms with E-state index < -0.39 is 89.5 Å². The Morgan fingerprint density at radius 1 is 0.783 bits per heavy atom. The van der Waals surface area contributed by atoms with E-state index in [9.17, 15) is 58.7 Å². The van der Waals surface area contributed by atoms with Gasteiger partial charge < -0.3 is 34.7 Å². The first kappa shape index (κ1) is 55.6. The van der Waals surface area contributed by atoms with Gasteiger partial charge in [-0.1, -0.05) is 36.7 Å². The molecule has 0 saturated carbocycles. The molecule has 3 N–H and O–H groups in total. The van der Waals surface area contributed by atoms with Crippen LogP contribution >= 0.6 is 11.6 Å². The fourth-order valence-electron chi connectivity index (χ4n) is 7.83. The highest BCUT2D eigenvalue weighted by molar-refractivity contribution is 6.31. The summed E-state index contributed by atoms with van der Waals surface area (Å²) in [6.07, 6.45) is -17.3. The highest BCUT2D eigenvalue weighted by atomic mass is 35.5. The number of nitrogens with one attached hydrogen (secondary N) is 1. The lowest BCUT2D eigenvalue weighted by atomic mass is 9.80. The smallest absolute Gasteiger partial charge is 0.416 e. The normalized spacial score (nSPS) is 17.2. The van der Waals surface area contributed by atoms with E-state index in [1.165, 1.54) is 14.0 Å². The van der Waals surface area contributed by atoms with Gasteiger partial charge >= 0.3 is 42.7 Å². The second-order valence-electron chi connectivity index (χ2n) is 15.2. The number of dihydropyridines is 1. The number of alkyl halides is 9. The molecular weight excluding hydrogens is 959 g/mol. The lowest BCUT2D eigenvalue weighted by Gasteiger charge is -2.43. The molecule has 0 saturated heterocycles. The molecule has 69 heavy (non-hydrogen) atoms. The van der Waals surface area contributed by atoms with Crippen LogP contribution in [0.4, 0.5) is 54.8 Å². The van der Waals surface area contributed by atoms with Crippen LogP contribution < -0.4 is 16.0 Å². The maximum absolute atomic E-state index is 13.7. The van der Waals surface area contributed by atoms with Gasteiger partial charge in [0.15, 0.2) is 0 Å². The fraction of sp³-hybridized carbons (Fsp3) is 0.435. The van der Waals surface area contributed by atoms with E-state index >= 15 is 0 Å². The molecule has 23 heteroatoms. The topological polar surface area (TPSA) is 159 Å². The van der Waals surface area contributed by atoms with Gasteiger partial charge in [-0.2, -0.15) is 39.5 Å². The average molecular weight is 1010 g/mol. The SMILES string of the molecule is CCOC(=O)C1=C(COCCN)NC(C)=C(C(=O)OC)C1c1ccccc1Cl.CCOC(=O)N1c2ccc(C(F)(F)F)cc2[C@@H](N(Cc2cc(C(F)(F)F)cc(C(F)(F)F)c2)C(=O)OC)C[C@H]1CC. The molecular formula is C46H50ClF9N4O9. The summed E-state index contributed by atoms with van der Waals surface area (Å²) >= 11 is 6.42. The fourth-order valence-corrected chi connectivity index (χ4v) is 8.08. The zero-order valence-corrected chi connectivity index (χ0v) is 38.8. The molecule has 0 bridgehead atoms. The molecule has 2 amide bonds. The van der Waals surface area contributed by atoms with Crippen LogP contribution in [0.3, 0.4) is 0 Å². The minimum absolute atomic E-state index is 0.0590. The summed E-state index contributed by atoms with van der Waals surface area (Å²) < 4.78 is 147. The summed E-state index contributed by atoms with van der Waals surface area (Å²) in [7, 11) is 2.20. The Morgan fingerprint density at radius 2 is 1.39 bits per heavy atom. The number of nitrogens with zero attached hydrogens (tertiary/aromatic N) is 2. The maximum atomic E-state index is 13.7. The summed E-state index contributed by atoms with van der Waals surface area (Å²) in [6, 6.07) is 8.11. The van der Waals surface area contributed by atoms with Gasteiger partial charge in [-0.15, -0.1) is 0 Å². The molecule has 3 atom stereocenters. The van der Waals surface area contributed by atoms with E-state index in [1.54, 1.807) is 45.0 Å². The van der Waals surface area contributed by atoms with E-state index in [4.69, 9.17) is 41.0 Å². The molecule has 0 aliphatic carbocycles. The molecule has 0 fully saturated rings. The van der Waals surface area contributed by atoms with Gasteiger partial charge in [0.05, 0.1) is 91.8 Å². The molecule has 0 aromatic heterocycles. The van der Waals surface area contributed by atoms with E-state index in [2.05, 4.69) is 5.32 Å². The maximum Gasteiger partial charge on any atom is 0.416 e. The minimum Gasteiger partial charge on any atom is -0.466 e. The summed E-state index contributed by atoms with van der Waals surface area (Å²) in [4.78, 5) is 53.0.